The van der Waals surface area contributed by atoms with Crippen molar-refractivity contribution in [3.05, 3.63) is 17.9 Å². The van der Waals surface area contributed by atoms with Gasteiger partial charge in [-0.2, -0.15) is 0 Å². The third-order valence-corrected chi connectivity index (χ3v) is 4.70. The van der Waals surface area contributed by atoms with Crippen LogP contribution in [0.2, 0.25) is 0 Å². The van der Waals surface area contributed by atoms with E-state index in [-0.39, 0.29) is 5.09 Å². The smallest absolute Gasteiger partial charge is 0.271 e. The van der Waals surface area contributed by atoms with Crippen LogP contribution < -0.4 is 10.5 Å². The fourth-order valence-electron chi connectivity index (χ4n) is 2.49. The van der Waals surface area contributed by atoms with E-state index in [1.807, 2.05) is 0 Å². The quantitative estimate of drug-likeness (QED) is 0.868. The number of hydrogen-bond donors (Lipinski definition) is 2. The van der Waals surface area contributed by atoms with Crippen LogP contribution in [-0.2, 0) is 16.6 Å². The fraction of sp³-hybridized carbons (Fsp3) is 0.667. The molecule has 2 rings (SSSR count). The van der Waals surface area contributed by atoms with Gasteiger partial charge < -0.3 is 9.73 Å². The summed E-state index contributed by atoms with van der Waals surface area (Å²) in [7, 11) is -3.73. The van der Waals surface area contributed by atoms with Gasteiger partial charge >= 0.3 is 0 Å². The topological polar surface area (TPSA) is 85.3 Å². The number of hydrogen-bond acceptors (Lipinski definition) is 4. The Morgan fingerprint density at radius 3 is 2.61 bits per heavy atom. The number of rotatable bonds is 4. The minimum absolute atomic E-state index is 0.174. The lowest BCUT2D eigenvalue weighted by molar-refractivity contribution is 0.343. The first-order valence-corrected chi connectivity index (χ1v) is 7.77. The molecule has 0 saturated heterocycles. The van der Waals surface area contributed by atoms with Gasteiger partial charge in [-0.15, -0.1) is 0 Å². The van der Waals surface area contributed by atoms with Gasteiger partial charge in [-0.1, -0.05) is 13.8 Å². The molecule has 3 unspecified atom stereocenters. The van der Waals surface area contributed by atoms with Crippen LogP contribution in [0.4, 0.5) is 0 Å². The van der Waals surface area contributed by atoms with E-state index in [4.69, 9.17) is 9.56 Å². The lowest BCUT2D eigenvalue weighted by atomic mass is 9.98. The second kappa shape index (κ2) is 5.03. The van der Waals surface area contributed by atoms with Crippen LogP contribution in [-0.4, -0.2) is 14.5 Å². The lowest BCUT2D eigenvalue weighted by Crippen LogP contribution is -2.31. The Morgan fingerprint density at radius 2 is 2.11 bits per heavy atom. The molecule has 0 aliphatic heterocycles. The molecule has 6 heteroatoms. The van der Waals surface area contributed by atoms with Crippen molar-refractivity contribution in [2.45, 2.75) is 44.4 Å². The molecule has 1 aromatic rings. The second-order valence-electron chi connectivity index (χ2n) is 5.17. The van der Waals surface area contributed by atoms with Crippen LogP contribution in [0, 0.1) is 11.8 Å². The molecule has 3 atom stereocenters. The van der Waals surface area contributed by atoms with E-state index in [1.165, 1.54) is 12.5 Å². The number of nitrogens with one attached hydrogen (secondary N) is 1. The molecule has 18 heavy (non-hydrogen) atoms. The summed E-state index contributed by atoms with van der Waals surface area (Å²) in [4.78, 5) is 0. The standard InChI is InChI=1S/C12H20N2O3S/c1-8-3-5-11(9(8)2)14-7-10-4-6-12(17-10)18(13,15)16/h4,6,8-9,11,14H,3,5,7H2,1-2H3,(H2,13,15,16). The molecule has 0 bridgehead atoms. The third-order valence-electron chi connectivity index (χ3n) is 3.92. The van der Waals surface area contributed by atoms with Crippen LogP contribution in [0.3, 0.4) is 0 Å². The third kappa shape index (κ3) is 2.93. The highest BCUT2D eigenvalue weighted by atomic mass is 32.2. The zero-order valence-corrected chi connectivity index (χ0v) is 11.5. The normalized spacial score (nSPS) is 28.7. The Balaban J connectivity index is 1.93. The van der Waals surface area contributed by atoms with Crippen molar-refractivity contribution < 1.29 is 12.8 Å². The molecule has 102 valence electrons. The first kappa shape index (κ1) is 13.6. The zero-order chi connectivity index (χ0) is 13.3. The van der Waals surface area contributed by atoms with E-state index in [2.05, 4.69) is 19.2 Å². The van der Waals surface area contributed by atoms with Gasteiger partial charge in [0.05, 0.1) is 6.54 Å². The van der Waals surface area contributed by atoms with Gasteiger partial charge in [0.2, 0.25) is 5.09 Å². The van der Waals surface area contributed by atoms with Gasteiger partial charge in [0.1, 0.15) is 5.76 Å². The molecule has 0 radical (unpaired) electrons. The van der Waals surface area contributed by atoms with Crippen LogP contribution in [0.1, 0.15) is 32.4 Å². The summed E-state index contributed by atoms with van der Waals surface area (Å²) in [5, 5.41) is 8.23. The highest BCUT2D eigenvalue weighted by Crippen LogP contribution is 2.31. The number of furan rings is 1. The Labute approximate surface area is 108 Å². The first-order valence-electron chi connectivity index (χ1n) is 6.23. The summed E-state index contributed by atoms with van der Waals surface area (Å²) in [5.74, 6) is 1.97. The van der Waals surface area contributed by atoms with E-state index in [0.717, 1.165) is 12.3 Å². The second-order valence-corrected chi connectivity index (χ2v) is 6.66. The van der Waals surface area contributed by atoms with Crippen molar-refractivity contribution in [2.24, 2.45) is 17.0 Å². The average Bonchev–Trinajstić information content (AvgIpc) is 2.86. The van der Waals surface area contributed by atoms with Crippen molar-refractivity contribution in [2.75, 3.05) is 0 Å². The Hall–Kier alpha value is -0.850. The van der Waals surface area contributed by atoms with E-state index in [0.29, 0.717) is 24.3 Å². The molecule has 3 N–H and O–H groups in total. The summed E-state index contributed by atoms with van der Waals surface area (Å²) in [6.07, 6.45) is 2.39. The van der Waals surface area contributed by atoms with Gasteiger partial charge in [-0.25, -0.2) is 13.6 Å². The number of nitrogens with two attached hydrogens (primary N) is 1. The fourth-order valence-corrected chi connectivity index (χ4v) is 2.97. The summed E-state index contributed by atoms with van der Waals surface area (Å²) in [6.45, 7) is 5.04. The maximum absolute atomic E-state index is 11.1. The zero-order valence-electron chi connectivity index (χ0n) is 10.7. The van der Waals surface area contributed by atoms with Crippen LogP contribution in [0.25, 0.3) is 0 Å². The molecule has 1 saturated carbocycles. The molecular weight excluding hydrogens is 252 g/mol. The predicted octanol–water partition coefficient (Wildman–Crippen LogP) is 1.45. The minimum Gasteiger partial charge on any atom is -0.447 e. The molecule has 1 fully saturated rings. The van der Waals surface area contributed by atoms with Crippen molar-refractivity contribution in [1.29, 1.82) is 0 Å². The van der Waals surface area contributed by atoms with E-state index >= 15 is 0 Å². The summed E-state index contributed by atoms with van der Waals surface area (Å²) < 4.78 is 27.3. The van der Waals surface area contributed by atoms with Crippen LogP contribution >= 0.6 is 0 Å². The number of primary sulfonamides is 1. The van der Waals surface area contributed by atoms with Crippen molar-refractivity contribution in [3.63, 3.8) is 0 Å². The summed E-state index contributed by atoms with van der Waals surface area (Å²) in [6, 6.07) is 3.52. The maximum Gasteiger partial charge on any atom is 0.271 e. The van der Waals surface area contributed by atoms with Gasteiger partial charge in [-0.3, -0.25) is 0 Å². The Kier molecular flexibility index (Phi) is 3.79. The predicted molar refractivity (Wildman–Crippen MR) is 68.3 cm³/mol. The molecular formula is C12H20N2O3S. The minimum atomic E-state index is -3.73. The van der Waals surface area contributed by atoms with Gasteiger partial charge in [-0.05, 0) is 36.8 Å². The maximum atomic E-state index is 11.1. The van der Waals surface area contributed by atoms with Crippen molar-refractivity contribution in [3.8, 4) is 0 Å². The van der Waals surface area contributed by atoms with Gasteiger partial charge in [0, 0.05) is 6.04 Å². The monoisotopic (exact) mass is 272 g/mol. The molecule has 0 aromatic carbocycles. The van der Waals surface area contributed by atoms with Crippen molar-refractivity contribution in [1.82, 2.24) is 5.32 Å². The molecule has 0 spiro atoms. The van der Waals surface area contributed by atoms with E-state index in [1.54, 1.807) is 6.07 Å². The molecule has 1 aliphatic rings. The Bertz CT molecular complexity index is 509. The molecule has 1 aliphatic carbocycles. The highest BCUT2D eigenvalue weighted by Gasteiger charge is 2.29. The van der Waals surface area contributed by atoms with E-state index < -0.39 is 10.0 Å². The Morgan fingerprint density at radius 1 is 1.39 bits per heavy atom. The molecule has 0 amide bonds. The lowest BCUT2D eigenvalue weighted by Gasteiger charge is -2.18. The molecule has 5 nitrogen and oxygen atoms in total. The van der Waals surface area contributed by atoms with Gasteiger partial charge in [0.25, 0.3) is 10.0 Å². The van der Waals surface area contributed by atoms with Crippen LogP contribution in [0.5, 0.6) is 0 Å². The first-order chi connectivity index (χ1) is 8.38. The van der Waals surface area contributed by atoms with Gasteiger partial charge in [0.15, 0.2) is 0 Å². The average molecular weight is 272 g/mol. The number of sulfonamides is 1. The van der Waals surface area contributed by atoms with E-state index in [9.17, 15) is 8.42 Å². The summed E-state index contributed by atoms with van der Waals surface area (Å²) in [5.41, 5.74) is 0. The molecule has 1 aromatic heterocycles. The van der Waals surface area contributed by atoms with Crippen LogP contribution in [0.15, 0.2) is 21.6 Å². The SMILES string of the molecule is CC1CCC(NCc2ccc(S(N)(=O)=O)o2)C1C. The largest absolute Gasteiger partial charge is 0.447 e. The highest BCUT2D eigenvalue weighted by molar-refractivity contribution is 7.89. The van der Waals surface area contributed by atoms with Crippen molar-refractivity contribution >= 4 is 10.0 Å². The summed E-state index contributed by atoms with van der Waals surface area (Å²) >= 11 is 0. The molecule has 1 heterocycles.